The van der Waals surface area contributed by atoms with Crippen molar-refractivity contribution in [1.29, 1.82) is 0 Å². The monoisotopic (exact) mass is 436 g/mol. The normalized spacial score (nSPS) is 18.9. The summed E-state index contributed by atoms with van der Waals surface area (Å²) in [5.74, 6) is 5.15. The lowest BCUT2D eigenvalue weighted by atomic mass is 9.89. The Labute approximate surface area is 189 Å². The zero-order valence-corrected chi connectivity index (χ0v) is 19.4. The SMILES string of the molecule is c1ccc2c(CCN3CCSCC3)c3ccccc3c(CCN3CCSCC3)c2c1. The molecular weight excluding hydrogens is 404 g/mol. The molecule has 2 nitrogen and oxygen atoms in total. The second-order valence-electron chi connectivity index (χ2n) is 8.46. The Morgan fingerprint density at radius 3 is 1.20 bits per heavy atom. The molecule has 3 aromatic carbocycles. The summed E-state index contributed by atoms with van der Waals surface area (Å²) in [5.41, 5.74) is 3.11. The first kappa shape index (κ1) is 20.7. The molecule has 0 aromatic heterocycles. The summed E-state index contributed by atoms with van der Waals surface area (Å²) in [6.07, 6.45) is 2.30. The summed E-state index contributed by atoms with van der Waals surface area (Å²) >= 11 is 4.20. The lowest BCUT2D eigenvalue weighted by Crippen LogP contribution is -2.34. The van der Waals surface area contributed by atoms with Gasteiger partial charge in [-0.15, -0.1) is 0 Å². The Morgan fingerprint density at radius 2 is 0.867 bits per heavy atom. The third kappa shape index (κ3) is 4.52. The van der Waals surface area contributed by atoms with Gasteiger partial charge in [0.25, 0.3) is 0 Å². The molecule has 4 heteroatoms. The molecule has 3 aromatic rings. The van der Waals surface area contributed by atoms with Crippen molar-refractivity contribution in [3.05, 3.63) is 59.7 Å². The van der Waals surface area contributed by atoms with Gasteiger partial charge in [-0.05, 0) is 45.5 Å². The number of fused-ring (bicyclic) bond motifs is 2. The quantitative estimate of drug-likeness (QED) is 0.491. The number of hydrogen-bond donors (Lipinski definition) is 0. The first-order chi connectivity index (χ1) is 14.9. The highest BCUT2D eigenvalue weighted by molar-refractivity contribution is 7.99. The van der Waals surface area contributed by atoms with Crippen molar-refractivity contribution in [3.63, 3.8) is 0 Å². The van der Waals surface area contributed by atoms with Crippen molar-refractivity contribution in [3.8, 4) is 0 Å². The average Bonchev–Trinajstić information content (AvgIpc) is 2.82. The van der Waals surface area contributed by atoms with E-state index in [1.165, 1.54) is 83.8 Å². The van der Waals surface area contributed by atoms with Crippen LogP contribution in [0.15, 0.2) is 48.5 Å². The van der Waals surface area contributed by atoms with Crippen LogP contribution in [0.3, 0.4) is 0 Å². The summed E-state index contributed by atoms with van der Waals surface area (Å²) in [6, 6.07) is 18.4. The number of benzene rings is 3. The molecule has 0 N–H and O–H groups in total. The Morgan fingerprint density at radius 1 is 0.533 bits per heavy atom. The maximum absolute atomic E-state index is 2.66. The van der Waals surface area contributed by atoms with Gasteiger partial charge < -0.3 is 9.80 Å². The molecule has 0 spiro atoms. The molecule has 30 heavy (non-hydrogen) atoms. The van der Waals surface area contributed by atoms with Gasteiger partial charge in [0, 0.05) is 62.3 Å². The molecule has 2 aliphatic heterocycles. The summed E-state index contributed by atoms with van der Waals surface area (Å²) < 4.78 is 0. The molecule has 158 valence electrons. The van der Waals surface area contributed by atoms with Crippen LogP contribution in [0.4, 0.5) is 0 Å². The Kier molecular flexibility index (Phi) is 6.86. The van der Waals surface area contributed by atoms with Crippen molar-refractivity contribution < 1.29 is 0 Å². The lowest BCUT2D eigenvalue weighted by Gasteiger charge is -2.28. The fourth-order valence-electron chi connectivity index (χ4n) is 5.04. The molecule has 0 unspecified atom stereocenters. The highest BCUT2D eigenvalue weighted by Crippen LogP contribution is 2.34. The van der Waals surface area contributed by atoms with E-state index in [1.54, 1.807) is 11.1 Å². The van der Waals surface area contributed by atoms with Crippen LogP contribution in [-0.2, 0) is 12.8 Å². The molecule has 2 heterocycles. The van der Waals surface area contributed by atoms with Crippen molar-refractivity contribution in [1.82, 2.24) is 9.80 Å². The minimum atomic E-state index is 1.15. The molecule has 2 aliphatic rings. The van der Waals surface area contributed by atoms with Crippen molar-refractivity contribution in [2.75, 3.05) is 62.3 Å². The van der Waals surface area contributed by atoms with Crippen LogP contribution in [0, 0.1) is 0 Å². The third-order valence-corrected chi connectivity index (χ3v) is 8.60. The number of rotatable bonds is 6. The van der Waals surface area contributed by atoms with Crippen molar-refractivity contribution in [2.45, 2.75) is 12.8 Å². The van der Waals surface area contributed by atoms with E-state index >= 15 is 0 Å². The Hall–Kier alpha value is -1.20. The van der Waals surface area contributed by atoms with Crippen molar-refractivity contribution in [2.24, 2.45) is 0 Å². The fourth-order valence-corrected chi connectivity index (χ4v) is 6.99. The van der Waals surface area contributed by atoms with E-state index in [-0.39, 0.29) is 0 Å². The van der Waals surface area contributed by atoms with Gasteiger partial charge in [0.2, 0.25) is 0 Å². The van der Waals surface area contributed by atoms with Crippen LogP contribution >= 0.6 is 23.5 Å². The molecule has 0 amide bonds. The predicted octanol–water partition coefficient (Wildman–Crippen LogP) is 5.18. The Bertz CT molecular complexity index is 854. The van der Waals surface area contributed by atoms with E-state index < -0.39 is 0 Å². The molecule has 0 atom stereocenters. The molecule has 0 bridgehead atoms. The molecule has 2 fully saturated rings. The molecule has 5 rings (SSSR count). The summed E-state index contributed by atoms with van der Waals surface area (Å²) in [5, 5.41) is 5.91. The number of nitrogens with zero attached hydrogens (tertiary/aromatic N) is 2. The maximum atomic E-state index is 2.66. The maximum Gasteiger partial charge on any atom is 0.00728 e. The number of thioether (sulfide) groups is 2. The molecular formula is C26H32N2S2. The first-order valence-corrected chi connectivity index (χ1v) is 13.7. The summed E-state index contributed by atoms with van der Waals surface area (Å²) in [6.45, 7) is 7.33. The van der Waals surface area contributed by atoms with Crippen molar-refractivity contribution >= 4 is 45.1 Å². The van der Waals surface area contributed by atoms with Gasteiger partial charge in [-0.25, -0.2) is 0 Å². The highest BCUT2D eigenvalue weighted by atomic mass is 32.2. The van der Waals surface area contributed by atoms with Gasteiger partial charge in [-0.1, -0.05) is 48.5 Å². The zero-order valence-electron chi connectivity index (χ0n) is 17.8. The van der Waals surface area contributed by atoms with Gasteiger partial charge in [-0.3, -0.25) is 0 Å². The predicted molar refractivity (Wildman–Crippen MR) is 136 cm³/mol. The zero-order chi connectivity index (χ0) is 20.2. The van der Waals surface area contributed by atoms with Gasteiger partial charge in [0.1, 0.15) is 0 Å². The fraction of sp³-hybridized carbons (Fsp3) is 0.462. The van der Waals surface area contributed by atoms with Crippen LogP contribution in [-0.4, -0.2) is 72.1 Å². The average molecular weight is 437 g/mol. The topological polar surface area (TPSA) is 6.48 Å². The van der Waals surface area contributed by atoms with E-state index in [9.17, 15) is 0 Å². The minimum Gasteiger partial charge on any atom is -0.301 e. The van der Waals surface area contributed by atoms with E-state index in [4.69, 9.17) is 0 Å². The molecule has 0 radical (unpaired) electrons. The lowest BCUT2D eigenvalue weighted by molar-refractivity contribution is 0.307. The molecule has 0 saturated carbocycles. The number of hydrogen-bond acceptors (Lipinski definition) is 4. The van der Waals surface area contributed by atoms with E-state index in [2.05, 4.69) is 81.9 Å². The summed E-state index contributed by atoms with van der Waals surface area (Å²) in [4.78, 5) is 5.31. The van der Waals surface area contributed by atoms with E-state index in [1.807, 2.05) is 0 Å². The standard InChI is InChI=1S/C26H32N2S2/c1-2-6-22-21(5-1)25(9-11-27-13-17-29-18-14-27)23-7-3-4-8-24(23)26(22)10-12-28-15-19-30-20-16-28/h1-8H,9-20H2. The molecule has 0 aliphatic carbocycles. The van der Waals surface area contributed by atoms with Crippen LogP contribution in [0.5, 0.6) is 0 Å². The van der Waals surface area contributed by atoms with Crippen LogP contribution in [0.1, 0.15) is 11.1 Å². The van der Waals surface area contributed by atoms with Crippen LogP contribution in [0.2, 0.25) is 0 Å². The summed E-state index contributed by atoms with van der Waals surface area (Å²) in [7, 11) is 0. The van der Waals surface area contributed by atoms with Gasteiger partial charge in [0.15, 0.2) is 0 Å². The second-order valence-corrected chi connectivity index (χ2v) is 10.9. The third-order valence-electron chi connectivity index (χ3n) is 6.72. The van der Waals surface area contributed by atoms with Gasteiger partial charge in [0.05, 0.1) is 0 Å². The molecule has 2 saturated heterocycles. The minimum absolute atomic E-state index is 1.15. The van der Waals surface area contributed by atoms with Gasteiger partial charge >= 0.3 is 0 Å². The first-order valence-electron chi connectivity index (χ1n) is 11.4. The largest absolute Gasteiger partial charge is 0.301 e. The van der Waals surface area contributed by atoms with E-state index in [0.29, 0.717) is 0 Å². The second kappa shape index (κ2) is 9.95. The highest BCUT2D eigenvalue weighted by Gasteiger charge is 2.17. The van der Waals surface area contributed by atoms with E-state index in [0.717, 1.165) is 12.8 Å². The van der Waals surface area contributed by atoms with Gasteiger partial charge in [-0.2, -0.15) is 23.5 Å². The Balaban J connectivity index is 1.50. The van der Waals surface area contributed by atoms with Crippen LogP contribution < -0.4 is 0 Å². The van der Waals surface area contributed by atoms with Crippen LogP contribution in [0.25, 0.3) is 21.5 Å². The smallest absolute Gasteiger partial charge is 0.00728 e.